The molecule has 1 heterocycles. The van der Waals surface area contributed by atoms with E-state index in [2.05, 4.69) is 11.6 Å². The first-order valence-corrected chi connectivity index (χ1v) is 5.56. The van der Waals surface area contributed by atoms with E-state index in [0.717, 1.165) is 11.1 Å². The molecule has 2 nitrogen and oxygen atoms in total. The summed E-state index contributed by atoms with van der Waals surface area (Å²) in [6.07, 6.45) is 5.57. The summed E-state index contributed by atoms with van der Waals surface area (Å²) < 4.78 is 0. The monoisotopic (exact) mass is 225 g/mol. The van der Waals surface area contributed by atoms with Crippen LogP contribution in [0.4, 0.5) is 0 Å². The molecule has 0 aliphatic rings. The summed E-state index contributed by atoms with van der Waals surface area (Å²) in [5.41, 5.74) is 0.594. The zero-order valence-corrected chi connectivity index (χ0v) is 9.58. The summed E-state index contributed by atoms with van der Waals surface area (Å²) in [6, 6.07) is 13.3. The van der Waals surface area contributed by atoms with Crippen molar-refractivity contribution in [3.8, 4) is 0 Å². The Balaban J connectivity index is 2.50. The van der Waals surface area contributed by atoms with Crippen LogP contribution in [0.3, 0.4) is 0 Å². The van der Waals surface area contributed by atoms with Gasteiger partial charge in [0.1, 0.15) is 5.60 Å². The Hall–Kier alpha value is -1.93. The highest BCUT2D eigenvalue weighted by molar-refractivity contribution is 5.35. The highest BCUT2D eigenvalue weighted by atomic mass is 16.3. The Morgan fingerprint density at radius 1 is 1.12 bits per heavy atom. The van der Waals surface area contributed by atoms with Gasteiger partial charge in [-0.3, -0.25) is 4.98 Å². The van der Waals surface area contributed by atoms with E-state index in [9.17, 15) is 5.11 Å². The van der Waals surface area contributed by atoms with Gasteiger partial charge in [0.25, 0.3) is 0 Å². The molecule has 86 valence electrons. The van der Waals surface area contributed by atoms with Crippen LogP contribution in [0.25, 0.3) is 0 Å². The number of benzene rings is 1. The second kappa shape index (κ2) is 4.93. The van der Waals surface area contributed by atoms with Crippen molar-refractivity contribution >= 4 is 0 Å². The molecular weight excluding hydrogens is 210 g/mol. The van der Waals surface area contributed by atoms with Gasteiger partial charge in [0.05, 0.1) is 0 Å². The van der Waals surface area contributed by atoms with Gasteiger partial charge in [-0.2, -0.15) is 0 Å². The standard InChI is InChI=1S/C15H15NO/c1-2-10-15(17,13-7-4-3-5-8-13)14-9-6-11-16-12-14/h2-9,11-12,17H,1,10H2. The minimum atomic E-state index is -1.04. The molecule has 1 atom stereocenters. The zero-order chi connectivity index (χ0) is 12.1. The van der Waals surface area contributed by atoms with Crippen molar-refractivity contribution in [1.82, 2.24) is 4.98 Å². The highest BCUT2D eigenvalue weighted by Crippen LogP contribution is 2.32. The molecule has 1 aromatic carbocycles. The summed E-state index contributed by atoms with van der Waals surface area (Å²) in [4.78, 5) is 4.06. The number of hydrogen-bond acceptors (Lipinski definition) is 2. The van der Waals surface area contributed by atoms with Gasteiger partial charge < -0.3 is 5.11 Å². The molecule has 0 saturated carbocycles. The van der Waals surface area contributed by atoms with E-state index in [0.29, 0.717) is 6.42 Å². The van der Waals surface area contributed by atoms with Crippen LogP contribution in [0.15, 0.2) is 67.5 Å². The average Bonchev–Trinajstić information content (AvgIpc) is 2.41. The summed E-state index contributed by atoms with van der Waals surface area (Å²) in [5, 5.41) is 10.8. The molecule has 0 aliphatic carbocycles. The quantitative estimate of drug-likeness (QED) is 0.812. The highest BCUT2D eigenvalue weighted by Gasteiger charge is 2.29. The van der Waals surface area contributed by atoms with E-state index in [4.69, 9.17) is 0 Å². The van der Waals surface area contributed by atoms with Gasteiger partial charge >= 0.3 is 0 Å². The molecule has 0 saturated heterocycles. The Bertz CT molecular complexity index is 439. The minimum absolute atomic E-state index is 0.461. The predicted octanol–water partition coefficient (Wildman–Crippen LogP) is 2.89. The third-order valence-electron chi connectivity index (χ3n) is 2.83. The van der Waals surface area contributed by atoms with Crippen LogP contribution >= 0.6 is 0 Å². The van der Waals surface area contributed by atoms with Gasteiger partial charge in [-0.15, -0.1) is 6.58 Å². The van der Waals surface area contributed by atoms with E-state index in [1.165, 1.54) is 0 Å². The number of rotatable bonds is 4. The maximum atomic E-state index is 10.8. The van der Waals surface area contributed by atoms with Crippen LogP contribution in [-0.2, 0) is 5.60 Å². The van der Waals surface area contributed by atoms with Gasteiger partial charge in [0.15, 0.2) is 0 Å². The second-order valence-corrected chi connectivity index (χ2v) is 3.96. The van der Waals surface area contributed by atoms with Crippen LogP contribution in [0.1, 0.15) is 17.5 Å². The number of pyridine rings is 1. The molecule has 2 heteroatoms. The molecule has 0 spiro atoms. The Morgan fingerprint density at radius 2 is 1.82 bits per heavy atom. The van der Waals surface area contributed by atoms with E-state index in [1.54, 1.807) is 18.5 Å². The summed E-state index contributed by atoms with van der Waals surface area (Å²) in [7, 11) is 0. The fraction of sp³-hybridized carbons (Fsp3) is 0.133. The van der Waals surface area contributed by atoms with Crippen molar-refractivity contribution in [3.05, 3.63) is 78.6 Å². The lowest BCUT2D eigenvalue weighted by molar-refractivity contribution is 0.0838. The van der Waals surface area contributed by atoms with Crippen LogP contribution < -0.4 is 0 Å². The van der Waals surface area contributed by atoms with Crippen molar-refractivity contribution in [2.75, 3.05) is 0 Å². The molecule has 1 aromatic heterocycles. The van der Waals surface area contributed by atoms with E-state index in [1.807, 2.05) is 42.5 Å². The van der Waals surface area contributed by atoms with Crippen LogP contribution in [0, 0.1) is 0 Å². The minimum Gasteiger partial charge on any atom is -0.380 e. The number of nitrogens with zero attached hydrogens (tertiary/aromatic N) is 1. The topological polar surface area (TPSA) is 33.1 Å². The Morgan fingerprint density at radius 3 is 2.41 bits per heavy atom. The fourth-order valence-corrected chi connectivity index (χ4v) is 1.93. The third-order valence-corrected chi connectivity index (χ3v) is 2.83. The van der Waals surface area contributed by atoms with Crippen LogP contribution in [0.2, 0.25) is 0 Å². The summed E-state index contributed by atoms with van der Waals surface area (Å²) in [6.45, 7) is 3.72. The van der Waals surface area contributed by atoms with E-state index < -0.39 is 5.60 Å². The fourth-order valence-electron chi connectivity index (χ4n) is 1.93. The zero-order valence-electron chi connectivity index (χ0n) is 9.58. The number of hydrogen-bond donors (Lipinski definition) is 1. The maximum absolute atomic E-state index is 10.8. The summed E-state index contributed by atoms with van der Waals surface area (Å²) >= 11 is 0. The molecule has 0 radical (unpaired) electrons. The molecule has 2 aromatic rings. The Kier molecular flexibility index (Phi) is 3.35. The smallest absolute Gasteiger partial charge is 0.119 e. The lowest BCUT2D eigenvalue weighted by Gasteiger charge is -2.27. The lowest BCUT2D eigenvalue weighted by Crippen LogP contribution is -2.26. The first-order chi connectivity index (χ1) is 8.27. The average molecular weight is 225 g/mol. The van der Waals surface area contributed by atoms with Crippen molar-refractivity contribution in [3.63, 3.8) is 0 Å². The van der Waals surface area contributed by atoms with Gasteiger partial charge in [0, 0.05) is 24.4 Å². The van der Waals surface area contributed by atoms with Crippen molar-refractivity contribution in [2.45, 2.75) is 12.0 Å². The molecule has 0 amide bonds. The molecule has 1 unspecified atom stereocenters. The molecule has 0 aliphatic heterocycles. The SMILES string of the molecule is C=CCC(O)(c1ccccc1)c1cccnc1. The van der Waals surface area contributed by atoms with E-state index >= 15 is 0 Å². The first-order valence-electron chi connectivity index (χ1n) is 5.56. The normalized spacial score (nSPS) is 13.9. The van der Waals surface area contributed by atoms with Gasteiger partial charge in [-0.05, 0) is 11.6 Å². The van der Waals surface area contributed by atoms with Crippen molar-refractivity contribution in [1.29, 1.82) is 0 Å². The second-order valence-electron chi connectivity index (χ2n) is 3.96. The molecule has 1 N–H and O–H groups in total. The van der Waals surface area contributed by atoms with Gasteiger partial charge in [0.2, 0.25) is 0 Å². The molecular formula is C15H15NO. The van der Waals surface area contributed by atoms with Gasteiger partial charge in [-0.25, -0.2) is 0 Å². The maximum Gasteiger partial charge on any atom is 0.119 e. The molecule has 17 heavy (non-hydrogen) atoms. The largest absolute Gasteiger partial charge is 0.380 e. The molecule has 0 fully saturated rings. The first kappa shape index (κ1) is 11.6. The Labute approximate surface area is 101 Å². The van der Waals surface area contributed by atoms with Crippen LogP contribution in [0.5, 0.6) is 0 Å². The van der Waals surface area contributed by atoms with Crippen molar-refractivity contribution < 1.29 is 5.11 Å². The molecule has 0 bridgehead atoms. The van der Waals surface area contributed by atoms with Crippen LogP contribution in [-0.4, -0.2) is 10.1 Å². The van der Waals surface area contributed by atoms with Gasteiger partial charge in [-0.1, -0.05) is 42.5 Å². The number of aliphatic hydroxyl groups is 1. The lowest BCUT2D eigenvalue weighted by atomic mass is 9.84. The summed E-state index contributed by atoms with van der Waals surface area (Å²) in [5.74, 6) is 0. The van der Waals surface area contributed by atoms with E-state index in [-0.39, 0.29) is 0 Å². The predicted molar refractivity (Wildman–Crippen MR) is 68.5 cm³/mol. The molecule has 2 rings (SSSR count). The third kappa shape index (κ3) is 2.27. The van der Waals surface area contributed by atoms with Crippen molar-refractivity contribution in [2.24, 2.45) is 0 Å². The number of aromatic nitrogens is 1.